The number of carbonyl (C=O) groups is 3. The molecule has 0 bridgehead atoms. The monoisotopic (exact) mass is 361 g/mol. The van der Waals surface area contributed by atoms with E-state index in [0.29, 0.717) is 5.69 Å². The van der Waals surface area contributed by atoms with Gasteiger partial charge in [-0.25, -0.2) is 9.69 Å². The fourth-order valence-electron chi connectivity index (χ4n) is 2.28. The van der Waals surface area contributed by atoms with Gasteiger partial charge in [-0.15, -0.1) is 0 Å². The Morgan fingerprint density at radius 1 is 0.846 bits per heavy atom. The second-order valence-corrected chi connectivity index (χ2v) is 5.30. The third-order valence-corrected chi connectivity index (χ3v) is 3.56. The van der Waals surface area contributed by atoms with Crippen LogP contribution in [-0.4, -0.2) is 17.8 Å². The molecule has 0 fully saturated rings. The Balaban J connectivity index is 1.70. The lowest BCUT2D eigenvalue weighted by Crippen LogP contribution is -2.29. The average molecular weight is 361 g/mol. The zero-order valence-corrected chi connectivity index (χ0v) is 13.0. The fraction of sp³-hybridized carbons (Fsp3) is 0.0556. The third-order valence-electron chi connectivity index (χ3n) is 3.56. The van der Waals surface area contributed by atoms with Gasteiger partial charge in [-0.3, -0.25) is 9.59 Å². The van der Waals surface area contributed by atoms with E-state index in [1.54, 1.807) is 0 Å². The van der Waals surface area contributed by atoms with Crippen molar-refractivity contribution in [3.05, 3.63) is 71.8 Å². The molecule has 0 spiro atoms. The second-order valence-electron chi connectivity index (χ2n) is 5.30. The third kappa shape index (κ3) is 3.49. The van der Waals surface area contributed by atoms with Crippen LogP contribution in [0, 0.1) is 0 Å². The maximum Gasteiger partial charge on any atom is 0.416 e. The van der Waals surface area contributed by atoms with E-state index in [4.69, 9.17) is 4.74 Å². The van der Waals surface area contributed by atoms with Gasteiger partial charge in [-0.2, -0.15) is 13.2 Å². The van der Waals surface area contributed by atoms with Crippen LogP contribution >= 0.6 is 0 Å². The van der Waals surface area contributed by atoms with Crippen molar-refractivity contribution < 1.29 is 32.3 Å². The van der Waals surface area contributed by atoms with Crippen molar-refractivity contribution in [3.63, 3.8) is 0 Å². The van der Waals surface area contributed by atoms with Crippen molar-refractivity contribution in [2.75, 3.05) is 4.90 Å². The summed E-state index contributed by atoms with van der Waals surface area (Å²) in [5, 5.41) is 0. The molecule has 2 aromatic carbocycles. The van der Waals surface area contributed by atoms with Crippen molar-refractivity contribution in [1.82, 2.24) is 0 Å². The molecule has 1 aliphatic rings. The molecule has 8 heteroatoms. The van der Waals surface area contributed by atoms with Crippen molar-refractivity contribution in [2.45, 2.75) is 6.18 Å². The number of esters is 1. The van der Waals surface area contributed by atoms with Gasteiger partial charge in [-0.1, -0.05) is 0 Å². The predicted octanol–water partition coefficient (Wildman–Crippen LogP) is 3.35. The summed E-state index contributed by atoms with van der Waals surface area (Å²) in [6.45, 7) is 0. The summed E-state index contributed by atoms with van der Waals surface area (Å²) < 4.78 is 42.6. The lowest BCUT2D eigenvalue weighted by molar-refractivity contribution is -0.137. The Labute approximate surface area is 145 Å². The number of nitrogens with zero attached hydrogens (tertiary/aromatic N) is 1. The highest BCUT2D eigenvalue weighted by molar-refractivity contribution is 6.28. The molecular formula is C18H10F3NO4. The van der Waals surface area contributed by atoms with Crippen LogP contribution in [-0.2, 0) is 15.8 Å². The largest absolute Gasteiger partial charge is 0.423 e. The number of hydrogen-bond donors (Lipinski definition) is 0. The van der Waals surface area contributed by atoms with Crippen LogP contribution < -0.4 is 9.64 Å². The number of ether oxygens (including phenoxy) is 1. The lowest BCUT2D eigenvalue weighted by Gasteiger charge is -2.14. The zero-order valence-electron chi connectivity index (χ0n) is 13.0. The van der Waals surface area contributed by atoms with Gasteiger partial charge >= 0.3 is 12.1 Å². The molecule has 26 heavy (non-hydrogen) atoms. The van der Waals surface area contributed by atoms with Crippen LogP contribution in [0.4, 0.5) is 18.9 Å². The van der Waals surface area contributed by atoms with E-state index in [-0.39, 0.29) is 11.3 Å². The van der Waals surface area contributed by atoms with E-state index >= 15 is 0 Å². The average Bonchev–Trinajstić information content (AvgIpc) is 2.94. The number of alkyl halides is 3. The van der Waals surface area contributed by atoms with Crippen LogP contribution in [0.2, 0.25) is 0 Å². The summed E-state index contributed by atoms with van der Waals surface area (Å²) in [6, 6.07) is 9.19. The summed E-state index contributed by atoms with van der Waals surface area (Å²) >= 11 is 0. The minimum Gasteiger partial charge on any atom is -0.423 e. The zero-order chi connectivity index (χ0) is 18.9. The van der Waals surface area contributed by atoms with Gasteiger partial charge in [0.05, 0.1) is 16.8 Å². The standard InChI is InChI=1S/C18H10F3NO4/c19-18(20,21)12-3-1-11(2-4-12)17(25)26-14-7-5-13(6-8-14)22-15(23)9-10-16(22)24/h1-10H. The van der Waals surface area contributed by atoms with E-state index in [1.807, 2.05) is 0 Å². The summed E-state index contributed by atoms with van der Waals surface area (Å²) in [5.74, 6) is -1.68. The molecule has 0 unspecified atom stereocenters. The molecule has 0 radical (unpaired) electrons. The van der Waals surface area contributed by atoms with Gasteiger partial charge < -0.3 is 4.74 Å². The first-order valence-electron chi connectivity index (χ1n) is 7.31. The van der Waals surface area contributed by atoms with Gasteiger partial charge in [0.25, 0.3) is 11.8 Å². The smallest absolute Gasteiger partial charge is 0.416 e. The Morgan fingerprint density at radius 3 is 1.88 bits per heavy atom. The molecule has 1 aliphatic heterocycles. The van der Waals surface area contributed by atoms with E-state index in [9.17, 15) is 27.6 Å². The van der Waals surface area contributed by atoms with Crippen LogP contribution in [0.25, 0.3) is 0 Å². The summed E-state index contributed by atoms with van der Waals surface area (Å²) in [7, 11) is 0. The Morgan fingerprint density at radius 2 is 1.38 bits per heavy atom. The molecule has 0 atom stereocenters. The van der Waals surface area contributed by atoms with Crippen molar-refractivity contribution in [1.29, 1.82) is 0 Å². The number of benzene rings is 2. The Bertz CT molecular complexity index is 882. The second kappa shape index (κ2) is 6.47. The van der Waals surface area contributed by atoms with Crippen molar-refractivity contribution in [2.24, 2.45) is 0 Å². The Kier molecular flexibility index (Phi) is 4.33. The quantitative estimate of drug-likeness (QED) is 0.478. The van der Waals surface area contributed by atoms with Crippen LogP contribution in [0.5, 0.6) is 5.75 Å². The first-order chi connectivity index (χ1) is 12.3. The number of hydrogen-bond acceptors (Lipinski definition) is 4. The number of halogens is 3. The van der Waals surface area contributed by atoms with Crippen LogP contribution in [0.15, 0.2) is 60.7 Å². The van der Waals surface area contributed by atoms with Gasteiger partial charge in [0.15, 0.2) is 0 Å². The van der Waals surface area contributed by atoms with Gasteiger partial charge in [0.1, 0.15) is 5.75 Å². The molecule has 0 saturated heterocycles. The van der Waals surface area contributed by atoms with Crippen LogP contribution in [0.3, 0.4) is 0 Å². The molecule has 0 N–H and O–H groups in total. The fourth-order valence-corrected chi connectivity index (χ4v) is 2.28. The van der Waals surface area contributed by atoms with E-state index in [2.05, 4.69) is 0 Å². The molecule has 2 aromatic rings. The SMILES string of the molecule is O=C(Oc1ccc(N2C(=O)C=CC2=O)cc1)c1ccc(C(F)(F)F)cc1. The number of carbonyl (C=O) groups excluding carboxylic acids is 3. The number of rotatable bonds is 3. The summed E-state index contributed by atoms with van der Waals surface area (Å²) in [5.41, 5.74) is -0.609. The molecule has 5 nitrogen and oxygen atoms in total. The number of anilines is 1. The highest BCUT2D eigenvalue weighted by Gasteiger charge is 2.30. The molecule has 2 amide bonds. The highest BCUT2D eigenvalue weighted by atomic mass is 19.4. The Hall–Kier alpha value is -3.42. The van der Waals surface area contributed by atoms with Gasteiger partial charge in [0, 0.05) is 12.2 Å². The number of imide groups is 1. The lowest BCUT2D eigenvalue weighted by atomic mass is 10.1. The van der Waals surface area contributed by atoms with E-state index in [1.165, 1.54) is 24.3 Å². The molecular weight excluding hydrogens is 351 g/mol. The maximum atomic E-state index is 12.5. The van der Waals surface area contributed by atoms with Crippen molar-refractivity contribution >= 4 is 23.5 Å². The van der Waals surface area contributed by atoms with E-state index < -0.39 is 29.5 Å². The minimum atomic E-state index is -4.49. The molecule has 0 saturated carbocycles. The molecule has 0 aromatic heterocycles. The molecule has 3 rings (SSSR count). The van der Waals surface area contributed by atoms with Crippen LogP contribution in [0.1, 0.15) is 15.9 Å². The van der Waals surface area contributed by atoms with Gasteiger partial charge in [-0.05, 0) is 48.5 Å². The molecule has 1 heterocycles. The van der Waals surface area contributed by atoms with Crippen molar-refractivity contribution in [3.8, 4) is 5.75 Å². The first-order valence-corrected chi connectivity index (χ1v) is 7.31. The molecule has 132 valence electrons. The molecule has 0 aliphatic carbocycles. The first kappa shape index (κ1) is 17.4. The minimum absolute atomic E-state index is 0.0452. The van der Waals surface area contributed by atoms with Gasteiger partial charge in [0.2, 0.25) is 0 Å². The maximum absolute atomic E-state index is 12.5. The number of amides is 2. The summed E-state index contributed by atoms with van der Waals surface area (Å²) in [6.07, 6.45) is -2.21. The topological polar surface area (TPSA) is 63.7 Å². The predicted molar refractivity (Wildman–Crippen MR) is 84.5 cm³/mol. The normalized spacial score (nSPS) is 14.0. The van der Waals surface area contributed by atoms with E-state index in [0.717, 1.165) is 41.3 Å². The summed E-state index contributed by atoms with van der Waals surface area (Å²) in [4.78, 5) is 36.1. The highest BCUT2D eigenvalue weighted by Crippen LogP contribution is 2.29.